The Kier molecular flexibility index (Phi) is 3.35. The van der Waals surface area contributed by atoms with Gasteiger partial charge in [0.2, 0.25) is 5.91 Å². The van der Waals surface area contributed by atoms with Gasteiger partial charge in [0.05, 0.1) is 12.0 Å². The zero-order chi connectivity index (χ0) is 16.1. The second-order valence-corrected chi connectivity index (χ2v) is 8.44. The van der Waals surface area contributed by atoms with Gasteiger partial charge in [0.15, 0.2) is 0 Å². The van der Waals surface area contributed by atoms with E-state index in [9.17, 15) is 4.79 Å². The van der Waals surface area contributed by atoms with Gasteiger partial charge in [-0.25, -0.2) is 0 Å². The Morgan fingerprint density at radius 3 is 2.65 bits per heavy atom. The average molecular weight is 313 g/mol. The fraction of sp³-hybridized carbons (Fsp3) is 0.650. The zero-order valence-electron chi connectivity index (χ0n) is 14.0. The lowest BCUT2D eigenvalue weighted by Crippen LogP contribution is -2.63. The van der Waals surface area contributed by atoms with Crippen molar-refractivity contribution in [3.8, 4) is 0 Å². The Balaban J connectivity index is 1.78. The summed E-state index contributed by atoms with van der Waals surface area (Å²) in [7, 11) is 0. The molecule has 4 atom stereocenters. The van der Waals surface area contributed by atoms with E-state index >= 15 is 0 Å². The quantitative estimate of drug-likeness (QED) is 0.905. The van der Waals surface area contributed by atoms with Crippen LogP contribution in [0.1, 0.15) is 51.0 Å². The summed E-state index contributed by atoms with van der Waals surface area (Å²) in [6.45, 7) is 3.58. The molecular weight excluding hydrogens is 286 g/mol. The van der Waals surface area contributed by atoms with Crippen molar-refractivity contribution in [3.05, 3.63) is 35.9 Å². The molecule has 4 saturated carbocycles. The largest absolute Gasteiger partial charge is 0.381 e. The third kappa shape index (κ3) is 2.24. The first-order valence-corrected chi connectivity index (χ1v) is 8.95. The molecule has 4 aliphatic rings. The summed E-state index contributed by atoms with van der Waals surface area (Å²) in [6.07, 6.45) is 6.42. The number of primary amides is 1. The zero-order valence-corrected chi connectivity index (χ0v) is 14.0. The topological polar surface area (TPSA) is 52.3 Å². The molecule has 124 valence electrons. The summed E-state index contributed by atoms with van der Waals surface area (Å²) in [5.74, 6) is 0.530. The number of amides is 1. The van der Waals surface area contributed by atoms with E-state index in [1.165, 1.54) is 18.4 Å². The molecule has 2 N–H and O–H groups in total. The van der Waals surface area contributed by atoms with E-state index in [-0.39, 0.29) is 22.2 Å². The van der Waals surface area contributed by atoms with Gasteiger partial charge >= 0.3 is 0 Å². The van der Waals surface area contributed by atoms with Crippen LogP contribution in [0.3, 0.4) is 0 Å². The average Bonchev–Trinajstić information content (AvgIpc) is 2.53. The minimum absolute atomic E-state index is 0.0808. The van der Waals surface area contributed by atoms with Crippen molar-refractivity contribution in [2.75, 3.05) is 13.2 Å². The molecule has 0 spiro atoms. The van der Waals surface area contributed by atoms with Gasteiger partial charge in [-0.05, 0) is 67.8 Å². The maximum Gasteiger partial charge on any atom is 0.223 e. The maximum absolute atomic E-state index is 12.4. The van der Waals surface area contributed by atoms with Crippen LogP contribution in [0.4, 0.5) is 0 Å². The number of carbonyl (C=O) groups is 1. The van der Waals surface area contributed by atoms with Crippen LogP contribution in [0.15, 0.2) is 30.3 Å². The van der Waals surface area contributed by atoms with Crippen LogP contribution >= 0.6 is 0 Å². The molecule has 3 heteroatoms. The molecule has 23 heavy (non-hydrogen) atoms. The summed E-state index contributed by atoms with van der Waals surface area (Å²) in [5.41, 5.74) is 7.28. The van der Waals surface area contributed by atoms with Crippen molar-refractivity contribution >= 4 is 5.91 Å². The molecule has 4 fully saturated rings. The van der Waals surface area contributed by atoms with Crippen LogP contribution in [0.5, 0.6) is 0 Å². The number of benzene rings is 1. The van der Waals surface area contributed by atoms with Crippen molar-refractivity contribution in [3.63, 3.8) is 0 Å². The number of nitrogens with two attached hydrogens (primary N) is 1. The first kappa shape index (κ1) is 15.2. The van der Waals surface area contributed by atoms with E-state index in [0.717, 1.165) is 38.9 Å². The summed E-state index contributed by atoms with van der Waals surface area (Å²) in [5, 5.41) is 0. The standard InChI is InChI=1S/C20H27NO2/c1-2-23-14-18-8-15-9-19(11-18,16-6-4-3-5-7-16)13-20(10-15,12-18)17(21)22/h3-7,15H,2,8-14H2,1H3,(H2,21,22)/t15?,18?,19-,20?/m1/s1. The number of rotatable bonds is 5. The van der Waals surface area contributed by atoms with Crippen LogP contribution in [0.2, 0.25) is 0 Å². The molecule has 5 rings (SSSR count). The van der Waals surface area contributed by atoms with Gasteiger partial charge in [0, 0.05) is 6.61 Å². The van der Waals surface area contributed by atoms with Gasteiger partial charge in [0.25, 0.3) is 0 Å². The molecule has 0 radical (unpaired) electrons. The third-order valence-corrected chi connectivity index (χ3v) is 6.71. The highest BCUT2D eigenvalue weighted by atomic mass is 16.5. The first-order chi connectivity index (χ1) is 11.0. The van der Waals surface area contributed by atoms with Gasteiger partial charge in [-0.15, -0.1) is 0 Å². The van der Waals surface area contributed by atoms with Crippen LogP contribution in [-0.4, -0.2) is 19.1 Å². The fourth-order valence-electron chi connectivity index (χ4n) is 6.51. The molecule has 3 unspecified atom stereocenters. The predicted molar refractivity (Wildman–Crippen MR) is 89.9 cm³/mol. The molecule has 0 saturated heterocycles. The monoisotopic (exact) mass is 313 g/mol. The normalized spacial score (nSPS) is 41.2. The minimum atomic E-state index is -0.313. The summed E-state index contributed by atoms with van der Waals surface area (Å²) in [4.78, 5) is 12.4. The third-order valence-electron chi connectivity index (χ3n) is 6.71. The van der Waals surface area contributed by atoms with E-state index in [1.54, 1.807) is 0 Å². The van der Waals surface area contributed by atoms with Crippen molar-refractivity contribution < 1.29 is 9.53 Å². The smallest absolute Gasteiger partial charge is 0.223 e. The molecule has 0 heterocycles. The van der Waals surface area contributed by atoms with E-state index < -0.39 is 0 Å². The van der Waals surface area contributed by atoms with Gasteiger partial charge in [-0.2, -0.15) is 0 Å². The molecular formula is C20H27NO2. The van der Waals surface area contributed by atoms with E-state index in [0.29, 0.717) is 5.92 Å². The van der Waals surface area contributed by atoms with Gasteiger partial charge in [0.1, 0.15) is 0 Å². The highest BCUT2D eigenvalue weighted by Gasteiger charge is 2.65. The maximum atomic E-state index is 12.4. The van der Waals surface area contributed by atoms with Crippen molar-refractivity contribution in [1.82, 2.24) is 0 Å². The predicted octanol–water partition coefficient (Wildman–Crippen LogP) is 3.42. The molecule has 1 aromatic carbocycles. The lowest BCUT2D eigenvalue weighted by molar-refractivity contribution is -0.169. The minimum Gasteiger partial charge on any atom is -0.381 e. The van der Waals surface area contributed by atoms with Crippen molar-refractivity contribution in [1.29, 1.82) is 0 Å². The molecule has 3 nitrogen and oxygen atoms in total. The van der Waals surface area contributed by atoms with Crippen molar-refractivity contribution in [2.24, 2.45) is 22.5 Å². The molecule has 1 aromatic rings. The van der Waals surface area contributed by atoms with Gasteiger partial charge < -0.3 is 10.5 Å². The molecule has 0 aliphatic heterocycles. The van der Waals surface area contributed by atoms with Crippen LogP contribution in [-0.2, 0) is 14.9 Å². The van der Waals surface area contributed by atoms with Crippen LogP contribution in [0.25, 0.3) is 0 Å². The van der Waals surface area contributed by atoms with Gasteiger partial charge in [-0.1, -0.05) is 30.3 Å². The van der Waals surface area contributed by atoms with E-state index in [4.69, 9.17) is 10.5 Å². The second-order valence-electron chi connectivity index (χ2n) is 8.44. The molecule has 0 aromatic heterocycles. The molecule has 4 bridgehead atoms. The van der Waals surface area contributed by atoms with Crippen LogP contribution in [0, 0.1) is 16.7 Å². The fourth-order valence-corrected chi connectivity index (χ4v) is 6.51. The summed E-state index contributed by atoms with van der Waals surface area (Å²) in [6, 6.07) is 10.8. The summed E-state index contributed by atoms with van der Waals surface area (Å²) >= 11 is 0. The first-order valence-electron chi connectivity index (χ1n) is 8.95. The lowest BCUT2D eigenvalue weighted by atomic mass is 9.38. The van der Waals surface area contributed by atoms with Crippen molar-refractivity contribution in [2.45, 2.75) is 50.9 Å². The van der Waals surface area contributed by atoms with Crippen LogP contribution < -0.4 is 5.73 Å². The number of ether oxygens (including phenoxy) is 1. The Morgan fingerprint density at radius 1 is 1.17 bits per heavy atom. The second kappa shape index (κ2) is 5.07. The molecule has 1 amide bonds. The highest BCUT2D eigenvalue weighted by Crippen LogP contribution is 2.70. The number of hydrogen-bond acceptors (Lipinski definition) is 2. The molecule has 4 aliphatic carbocycles. The Hall–Kier alpha value is -1.35. The number of carbonyl (C=O) groups excluding carboxylic acids is 1. The highest BCUT2D eigenvalue weighted by molar-refractivity contribution is 5.82. The lowest BCUT2D eigenvalue weighted by Gasteiger charge is -2.66. The number of hydrogen-bond donors (Lipinski definition) is 1. The summed E-state index contributed by atoms with van der Waals surface area (Å²) < 4.78 is 5.87. The Morgan fingerprint density at radius 2 is 1.96 bits per heavy atom. The SMILES string of the molecule is CCOCC12CC3CC(C(N)=O)(C1)C[C@@](c1ccccc1)(C3)C2. The Bertz CT molecular complexity index is 615. The van der Waals surface area contributed by atoms with E-state index in [1.807, 2.05) is 0 Å². The van der Waals surface area contributed by atoms with Gasteiger partial charge in [-0.3, -0.25) is 4.79 Å². The Labute approximate surface area is 138 Å². The van der Waals surface area contributed by atoms with E-state index in [2.05, 4.69) is 37.3 Å².